The van der Waals surface area contributed by atoms with E-state index >= 15 is 0 Å². The summed E-state index contributed by atoms with van der Waals surface area (Å²) in [5, 5.41) is 12.3. The highest BCUT2D eigenvalue weighted by molar-refractivity contribution is 6.26. The fourth-order valence-electron chi connectivity index (χ4n) is 10.1. The topological polar surface area (TPSA) is 21.3 Å². The summed E-state index contributed by atoms with van der Waals surface area (Å²) in [6.45, 7) is 0. The van der Waals surface area contributed by atoms with Crippen LogP contribution in [0, 0.1) is 0 Å². The standard InChI is InChI=1S/C60H38N2O/c1-2-17-48-46(15-1)47-16-3-4-18-49(47)55-38-43(36-37-50(48)55)61(42-34-30-40(31-35-42)45-22-13-23-54-53-21-8-12-27-59(53)63-60(45)54)41-32-28-39(29-33-41)44-14-5-9-24-56(44)62-57-25-10-6-19-51(57)52-20-7-11-26-58(52)62/h1-38H. The third-order valence-corrected chi connectivity index (χ3v) is 13.0. The molecule has 0 bridgehead atoms. The van der Waals surface area contributed by atoms with Gasteiger partial charge in [-0.25, -0.2) is 0 Å². The number of para-hydroxylation sites is 5. The van der Waals surface area contributed by atoms with Crippen LogP contribution in [0.3, 0.4) is 0 Å². The minimum absolute atomic E-state index is 0.903. The molecular formula is C60H38N2O. The summed E-state index contributed by atoms with van der Waals surface area (Å²) in [4.78, 5) is 2.39. The van der Waals surface area contributed by atoms with Crippen molar-refractivity contribution >= 4 is 93.1 Å². The van der Waals surface area contributed by atoms with Crippen LogP contribution in [0.25, 0.3) is 104 Å². The van der Waals surface area contributed by atoms with Gasteiger partial charge in [-0.15, -0.1) is 0 Å². The van der Waals surface area contributed by atoms with E-state index in [2.05, 4.69) is 228 Å². The second kappa shape index (κ2) is 14.1. The lowest BCUT2D eigenvalue weighted by Gasteiger charge is -2.27. The molecule has 0 fully saturated rings. The summed E-state index contributed by atoms with van der Waals surface area (Å²) in [6, 6.07) is 83.5. The van der Waals surface area contributed by atoms with Crippen LogP contribution < -0.4 is 4.90 Å². The lowest BCUT2D eigenvalue weighted by molar-refractivity contribution is 0.670. The molecule has 0 atom stereocenters. The maximum absolute atomic E-state index is 6.47. The molecule has 3 nitrogen and oxygen atoms in total. The van der Waals surface area contributed by atoms with Crippen molar-refractivity contribution in [3.63, 3.8) is 0 Å². The van der Waals surface area contributed by atoms with E-state index in [4.69, 9.17) is 4.42 Å². The highest BCUT2D eigenvalue weighted by Gasteiger charge is 2.19. The van der Waals surface area contributed by atoms with Crippen LogP contribution in [0.15, 0.2) is 235 Å². The molecule has 0 saturated carbocycles. The molecule has 2 aromatic heterocycles. The first-order chi connectivity index (χ1) is 31.3. The van der Waals surface area contributed by atoms with E-state index < -0.39 is 0 Å². The Morgan fingerprint density at radius 1 is 0.302 bits per heavy atom. The van der Waals surface area contributed by atoms with Crippen LogP contribution in [0.2, 0.25) is 0 Å². The minimum atomic E-state index is 0.903. The van der Waals surface area contributed by atoms with Crippen molar-refractivity contribution in [3.05, 3.63) is 231 Å². The SMILES string of the molecule is c1ccc(-n2c3ccccc3c3ccccc32)c(-c2ccc(N(c3ccc(-c4cccc5c4oc4ccccc45)cc3)c3ccc4c5ccccc5c5ccccc5c4c3)cc2)c1. The van der Waals surface area contributed by atoms with Gasteiger partial charge < -0.3 is 13.9 Å². The number of benzene rings is 11. The summed E-state index contributed by atoms with van der Waals surface area (Å²) in [5.74, 6) is 0. The van der Waals surface area contributed by atoms with Gasteiger partial charge in [-0.05, 0) is 104 Å². The fourth-order valence-corrected chi connectivity index (χ4v) is 10.1. The molecule has 11 aromatic carbocycles. The monoisotopic (exact) mass is 802 g/mol. The van der Waals surface area contributed by atoms with Gasteiger partial charge in [0.15, 0.2) is 0 Å². The molecule has 3 heteroatoms. The molecule has 0 saturated heterocycles. The molecule has 0 spiro atoms. The zero-order chi connectivity index (χ0) is 41.4. The second-order valence-electron chi connectivity index (χ2n) is 16.4. The van der Waals surface area contributed by atoms with Gasteiger partial charge in [-0.2, -0.15) is 0 Å². The van der Waals surface area contributed by atoms with Gasteiger partial charge in [-0.1, -0.05) is 170 Å². The van der Waals surface area contributed by atoms with Crippen molar-refractivity contribution in [2.45, 2.75) is 0 Å². The average Bonchev–Trinajstić information content (AvgIpc) is 3.91. The highest BCUT2D eigenvalue weighted by Crippen LogP contribution is 2.43. The van der Waals surface area contributed by atoms with Crippen molar-refractivity contribution in [1.29, 1.82) is 0 Å². The Labute approximate surface area is 363 Å². The molecule has 0 aliphatic rings. The van der Waals surface area contributed by atoms with Crippen LogP contribution in [0.5, 0.6) is 0 Å². The summed E-state index contributed by atoms with van der Waals surface area (Å²) in [5.41, 5.74) is 13.1. The lowest BCUT2D eigenvalue weighted by atomic mass is 9.94. The van der Waals surface area contributed by atoms with Gasteiger partial charge in [0.1, 0.15) is 11.2 Å². The van der Waals surface area contributed by atoms with Gasteiger partial charge in [0.05, 0.1) is 16.7 Å². The fraction of sp³-hybridized carbons (Fsp3) is 0. The van der Waals surface area contributed by atoms with E-state index in [-0.39, 0.29) is 0 Å². The molecule has 0 aliphatic carbocycles. The number of hydrogen-bond donors (Lipinski definition) is 0. The van der Waals surface area contributed by atoms with E-state index in [0.29, 0.717) is 0 Å². The number of aromatic nitrogens is 1. The minimum Gasteiger partial charge on any atom is -0.455 e. The smallest absolute Gasteiger partial charge is 0.143 e. The normalized spacial score (nSPS) is 11.8. The van der Waals surface area contributed by atoms with Gasteiger partial charge in [-0.3, -0.25) is 0 Å². The van der Waals surface area contributed by atoms with Crippen molar-refractivity contribution in [1.82, 2.24) is 4.57 Å². The molecule has 13 rings (SSSR count). The van der Waals surface area contributed by atoms with Crippen LogP contribution in [-0.2, 0) is 0 Å². The molecule has 63 heavy (non-hydrogen) atoms. The summed E-state index contributed by atoms with van der Waals surface area (Å²) < 4.78 is 8.88. The average molecular weight is 803 g/mol. The van der Waals surface area contributed by atoms with E-state index in [1.54, 1.807) is 0 Å². The van der Waals surface area contributed by atoms with Gasteiger partial charge in [0.25, 0.3) is 0 Å². The zero-order valence-electron chi connectivity index (χ0n) is 34.2. The van der Waals surface area contributed by atoms with Crippen molar-refractivity contribution < 1.29 is 4.42 Å². The number of furan rings is 1. The molecule has 13 aromatic rings. The maximum Gasteiger partial charge on any atom is 0.143 e. The number of anilines is 3. The third kappa shape index (κ3) is 5.53. The van der Waals surface area contributed by atoms with Gasteiger partial charge in [0, 0.05) is 49.7 Å². The lowest BCUT2D eigenvalue weighted by Crippen LogP contribution is -2.10. The molecular weight excluding hydrogens is 765 g/mol. The molecule has 0 amide bonds. The maximum atomic E-state index is 6.47. The number of fused-ring (bicyclic) bond motifs is 12. The Morgan fingerprint density at radius 2 is 0.746 bits per heavy atom. The summed E-state index contributed by atoms with van der Waals surface area (Å²) in [7, 11) is 0. The first-order valence-electron chi connectivity index (χ1n) is 21.6. The number of hydrogen-bond acceptors (Lipinski definition) is 2. The number of rotatable bonds is 6. The molecule has 2 heterocycles. The van der Waals surface area contributed by atoms with E-state index in [1.807, 2.05) is 12.1 Å². The van der Waals surface area contributed by atoms with Crippen LogP contribution in [0.1, 0.15) is 0 Å². The molecule has 0 N–H and O–H groups in total. The first kappa shape index (κ1) is 35.4. The Balaban J connectivity index is 0.970. The molecule has 0 unspecified atom stereocenters. The molecule has 0 radical (unpaired) electrons. The van der Waals surface area contributed by atoms with Gasteiger partial charge in [0.2, 0.25) is 0 Å². The predicted octanol–water partition coefficient (Wildman–Crippen LogP) is 16.9. The van der Waals surface area contributed by atoms with E-state index in [0.717, 1.165) is 61.4 Å². The Morgan fingerprint density at radius 3 is 1.38 bits per heavy atom. The van der Waals surface area contributed by atoms with Crippen LogP contribution in [-0.4, -0.2) is 4.57 Å². The zero-order valence-corrected chi connectivity index (χ0v) is 34.2. The van der Waals surface area contributed by atoms with Crippen LogP contribution >= 0.6 is 0 Å². The quantitative estimate of drug-likeness (QED) is 0.156. The van der Waals surface area contributed by atoms with Crippen molar-refractivity contribution in [3.8, 4) is 27.9 Å². The number of nitrogens with zero attached hydrogens (tertiary/aromatic N) is 2. The van der Waals surface area contributed by atoms with E-state index in [9.17, 15) is 0 Å². The Bertz CT molecular complexity index is 3820. The molecule has 294 valence electrons. The van der Waals surface area contributed by atoms with Gasteiger partial charge >= 0.3 is 0 Å². The summed E-state index contributed by atoms with van der Waals surface area (Å²) in [6.07, 6.45) is 0. The van der Waals surface area contributed by atoms with Crippen molar-refractivity contribution in [2.24, 2.45) is 0 Å². The second-order valence-corrected chi connectivity index (χ2v) is 16.4. The Hall–Kier alpha value is -8.40. The van der Waals surface area contributed by atoms with Crippen LogP contribution in [0.4, 0.5) is 17.1 Å². The first-order valence-corrected chi connectivity index (χ1v) is 21.6. The largest absolute Gasteiger partial charge is 0.455 e. The molecule has 0 aliphatic heterocycles. The van der Waals surface area contributed by atoms with Crippen molar-refractivity contribution in [2.75, 3.05) is 4.90 Å². The third-order valence-electron chi connectivity index (χ3n) is 13.0. The van der Waals surface area contributed by atoms with E-state index in [1.165, 1.54) is 59.7 Å². The Kier molecular flexibility index (Phi) is 7.91. The predicted molar refractivity (Wildman–Crippen MR) is 266 cm³/mol. The summed E-state index contributed by atoms with van der Waals surface area (Å²) >= 11 is 0. The highest BCUT2D eigenvalue weighted by atomic mass is 16.3.